The molecule has 0 spiro atoms. The lowest BCUT2D eigenvalue weighted by Crippen LogP contribution is -2.32. The number of hydrogen-bond acceptors (Lipinski definition) is 5. The average Bonchev–Trinajstić information content (AvgIpc) is 2.93. The van der Waals surface area contributed by atoms with Gasteiger partial charge in [-0.25, -0.2) is 4.98 Å². The van der Waals surface area contributed by atoms with E-state index >= 15 is 0 Å². The molecule has 1 aliphatic heterocycles. The number of nitrogens with zero attached hydrogens (tertiary/aromatic N) is 3. The number of amides is 1. The van der Waals surface area contributed by atoms with Gasteiger partial charge in [-0.1, -0.05) is 0 Å². The molecule has 0 aliphatic carbocycles. The van der Waals surface area contributed by atoms with Crippen molar-refractivity contribution in [1.82, 2.24) is 20.1 Å². The van der Waals surface area contributed by atoms with Crippen LogP contribution in [0.5, 0.6) is 0 Å². The van der Waals surface area contributed by atoms with Crippen molar-refractivity contribution in [3.05, 3.63) is 12.7 Å². The van der Waals surface area contributed by atoms with Crippen LogP contribution in [0.1, 0.15) is 19.3 Å². The van der Waals surface area contributed by atoms with Crippen molar-refractivity contribution in [2.24, 2.45) is 0 Å². The van der Waals surface area contributed by atoms with E-state index in [0.29, 0.717) is 19.7 Å². The molecule has 0 radical (unpaired) electrons. The van der Waals surface area contributed by atoms with Gasteiger partial charge < -0.3 is 14.8 Å². The average molecular weight is 268 g/mol. The van der Waals surface area contributed by atoms with E-state index in [9.17, 15) is 4.79 Å². The molecular formula is C12H20N4O3. The molecule has 2 rings (SSSR count). The van der Waals surface area contributed by atoms with Crippen LogP contribution in [0.2, 0.25) is 0 Å². The van der Waals surface area contributed by atoms with Crippen LogP contribution in [0.4, 0.5) is 0 Å². The molecule has 7 nitrogen and oxygen atoms in total. The third kappa shape index (κ3) is 5.35. The summed E-state index contributed by atoms with van der Waals surface area (Å²) in [6.45, 7) is 2.51. The Labute approximate surface area is 112 Å². The first kappa shape index (κ1) is 14.0. The predicted octanol–water partition coefficient (Wildman–Crippen LogP) is -0.0200. The van der Waals surface area contributed by atoms with Gasteiger partial charge in [0.05, 0.1) is 19.3 Å². The Kier molecular flexibility index (Phi) is 5.77. The van der Waals surface area contributed by atoms with Crippen LogP contribution in [-0.2, 0) is 20.8 Å². The second-order valence-corrected chi connectivity index (χ2v) is 4.51. The minimum absolute atomic E-state index is 0.0806. The molecule has 1 aliphatic rings. The minimum Gasteiger partial charge on any atom is -0.376 e. The first-order chi connectivity index (χ1) is 9.34. The van der Waals surface area contributed by atoms with E-state index in [1.54, 1.807) is 11.0 Å². The molecule has 1 unspecified atom stereocenters. The highest BCUT2D eigenvalue weighted by Crippen LogP contribution is 2.12. The maximum absolute atomic E-state index is 11.5. The zero-order chi connectivity index (χ0) is 13.3. The number of carbonyl (C=O) groups excluding carboxylic acids is 1. The zero-order valence-corrected chi connectivity index (χ0v) is 11.0. The van der Waals surface area contributed by atoms with Crippen LogP contribution in [-0.4, -0.2) is 53.1 Å². The Morgan fingerprint density at radius 2 is 2.47 bits per heavy atom. The highest BCUT2D eigenvalue weighted by atomic mass is 16.5. The molecule has 1 atom stereocenters. The molecule has 7 heteroatoms. The van der Waals surface area contributed by atoms with Crippen LogP contribution in [0.3, 0.4) is 0 Å². The molecule has 0 saturated carbocycles. The Balaban J connectivity index is 1.49. The fourth-order valence-corrected chi connectivity index (χ4v) is 1.93. The van der Waals surface area contributed by atoms with Crippen molar-refractivity contribution in [2.45, 2.75) is 31.9 Å². The van der Waals surface area contributed by atoms with Gasteiger partial charge in [0, 0.05) is 13.2 Å². The van der Waals surface area contributed by atoms with Crippen LogP contribution < -0.4 is 5.32 Å². The summed E-state index contributed by atoms with van der Waals surface area (Å²) in [7, 11) is 0. The lowest BCUT2D eigenvalue weighted by Gasteiger charge is -2.22. The molecule has 0 aromatic carbocycles. The number of rotatable bonds is 7. The summed E-state index contributed by atoms with van der Waals surface area (Å²) in [5, 5.41) is 6.71. The number of carbonyl (C=O) groups is 1. The third-order valence-corrected chi connectivity index (χ3v) is 2.94. The van der Waals surface area contributed by atoms with Crippen molar-refractivity contribution in [3.8, 4) is 0 Å². The Hall–Kier alpha value is -1.47. The molecule has 1 fully saturated rings. The van der Waals surface area contributed by atoms with E-state index in [0.717, 1.165) is 19.4 Å². The normalized spacial score (nSPS) is 19.3. The van der Waals surface area contributed by atoms with Crippen molar-refractivity contribution in [1.29, 1.82) is 0 Å². The van der Waals surface area contributed by atoms with E-state index in [1.807, 2.05) is 0 Å². The summed E-state index contributed by atoms with van der Waals surface area (Å²) in [5.41, 5.74) is 0. The Morgan fingerprint density at radius 3 is 3.21 bits per heavy atom. The van der Waals surface area contributed by atoms with Gasteiger partial charge in [-0.3, -0.25) is 9.48 Å². The fourth-order valence-electron chi connectivity index (χ4n) is 1.93. The standard InChI is InChI=1S/C12H20N4O3/c17-12(14-4-5-16-10-13-9-15-16)8-18-7-11-3-1-2-6-19-11/h9-11H,1-8H2,(H,14,17). The second-order valence-electron chi connectivity index (χ2n) is 4.51. The van der Waals surface area contributed by atoms with Gasteiger partial charge in [-0.15, -0.1) is 0 Å². The van der Waals surface area contributed by atoms with Crippen molar-refractivity contribution in [2.75, 3.05) is 26.4 Å². The van der Waals surface area contributed by atoms with E-state index in [2.05, 4.69) is 15.4 Å². The summed E-state index contributed by atoms with van der Waals surface area (Å²) >= 11 is 0. The van der Waals surface area contributed by atoms with Gasteiger partial charge in [-0.2, -0.15) is 5.10 Å². The topological polar surface area (TPSA) is 78.3 Å². The van der Waals surface area contributed by atoms with Gasteiger partial charge in [0.15, 0.2) is 0 Å². The Bertz CT molecular complexity index is 363. The number of ether oxygens (including phenoxy) is 2. The smallest absolute Gasteiger partial charge is 0.246 e. The van der Waals surface area contributed by atoms with Crippen molar-refractivity contribution in [3.63, 3.8) is 0 Å². The molecule has 19 heavy (non-hydrogen) atoms. The first-order valence-electron chi connectivity index (χ1n) is 6.63. The number of aromatic nitrogens is 3. The molecule has 1 aromatic rings. The molecule has 1 aromatic heterocycles. The highest BCUT2D eigenvalue weighted by Gasteiger charge is 2.14. The molecule has 1 N–H and O–H groups in total. The number of hydrogen-bond donors (Lipinski definition) is 1. The predicted molar refractivity (Wildman–Crippen MR) is 67.4 cm³/mol. The highest BCUT2D eigenvalue weighted by molar-refractivity contribution is 5.77. The van der Waals surface area contributed by atoms with E-state index in [4.69, 9.17) is 9.47 Å². The summed E-state index contributed by atoms with van der Waals surface area (Å²) in [4.78, 5) is 15.3. The minimum atomic E-state index is -0.115. The van der Waals surface area contributed by atoms with E-state index in [1.165, 1.54) is 12.7 Å². The first-order valence-corrected chi connectivity index (χ1v) is 6.63. The fraction of sp³-hybridized carbons (Fsp3) is 0.750. The SMILES string of the molecule is O=C(COCC1CCCCO1)NCCn1cncn1. The summed E-state index contributed by atoms with van der Waals surface area (Å²) < 4.78 is 12.5. The van der Waals surface area contributed by atoms with Gasteiger partial charge >= 0.3 is 0 Å². The van der Waals surface area contributed by atoms with Crippen LogP contribution in [0, 0.1) is 0 Å². The maximum Gasteiger partial charge on any atom is 0.246 e. The molecule has 1 amide bonds. The van der Waals surface area contributed by atoms with Gasteiger partial charge in [0.1, 0.15) is 19.3 Å². The van der Waals surface area contributed by atoms with E-state index < -0.39 is 0 Å². The Morgan fingerprint density at radius 1 is 1.53 bits per heavy atom. The molecular weight excluding hydrogens is 248 g/mol. The molecule has 106 valence electrons. The van der Waals surface area contributed by atoms with Crippen molar-refractivity contribution >= 4 is 5.91 Å². The third-order valence-electron chi connectivity index (χ3n) is 2.94. The van der Waals surface area contributed by atoms with Crippen LogP contribution >= 0.6 is 0 Å². The van der Waals surface area contributed by atoms with Gasteiger partial charge in [-0.05, 0) is 19.3 Å². The molecule has 0 bridgehead atoms. The molecule has 1 saturated heterocycles. The summed E-state index contributed by atoms with van der Waals surface area (Å²) in [5.74, 6) is -0.115. The lowest BCUT2D eigenvalue weighted by atomic mass is 10.1. The summed E-state index contributed by atoms with van der Waals surface area (Å²) in [6.07, 6.45) is 6.56. The van der Waals surface area contributed by atoms with Gasteiger partial charge in [0.25, 0.3) is 0 Å². The number of nitrogens with one attached hydrogen (secondary N) is 1. The van der Waals surface area contributed by atoms with E-state index in [-0.39, 0.29) is 18.6 Å². The summed E-state index contributed by atoms with van der Waals surface area (Å²) in [6, 6.07) is 0. The van der Waals surface area contributed by atoms with Crippen LogP contribution in [0.15, 0.2) is 12.7 Å². The second kappa shape index (κ2) is 7.85. The van der Waals surface area contributed by atoms with Gasteiger partial charge in [0.2, 0.25) is 5.91 Å². The van der Waals surface area contributed by atoms with Crippen LogP contribution in [0.25, 0.3) is 0 Å². The largest absolute Gasteiger partial charge is 0.376 e. The monoisotopic (exact) mass is 268 g/mol. The van der Waals surface area contributed by atoms with Crippen molar-refractivity contribution < 1.29 is 14.3 Å². The molecule has 2 heterocycles. The zero-order valence-electron chi connectivity index (χ0n) is 11.0. The maximum atomic E-state index is 11.5. The lowest BCUT2D eigenvalue weighted by molar-refractivity contribution is -0.127. The quantitative estimate of drug-likeness (QED) is 0.752.